The quantitative estimate of drug-likeness (QED) is 0.490. The van der Waals surface area contributed by atoms with Crippen molar-refractivity contribution in [3.8, 4) is 0 Å². The Kier molecular flexibility index (Phi) is 7.65. The third kappa shape index (κ3) is 5.99. The number of halogens is 1. The molecule has 0 unspecified atom stereocenters. The van der Waals surface area contributed by atoms with Gasteiger partial charge in [0, 0.05) is 41.5 Å². The minimum Gasteiger partial charge on any atom is -0.347 e. The topological polar surface area (TPSA) is 66.5 Å². The molecule has 2 aromatic carbocycles. The largest absolute Gasteiger partial charge is 0.347 e. The predicted molar refractivity (Wildman–Crippen MR) is 140 cm³/mol. The third-order valence-corrected chi connectivity index (χ3v) is 8.84. The third-order valence-electron chi connectivity index (χ3n) is 7.24. The number of sulfone groups is 1. The molecule has 0 radical (unpaired) electrons. The van der Waals surface area contributed by atoms with Crippen molar-refractivity contribution in [3.63, 3.8) is 0 Å². The van der Waals surface area contributed by atoms with Gasteiger partial charge in [-0.1, -0.05) is 60.0 Å². The van der Waals surface area contributed by atoms with E-state index in [-0.39, 0.29) is 16.3 Å². The lowest BCUT2D eigenvalue weighted by Crippen LogP contribution is -2.51. The Hall–Kier alpha value is -1.96. The van der Waals surface area contributed by atoms with Crippen LogP contribution in [0, 0.1) is 0 Å². The van der Waals surface area contributed by atoms with Crippen LogP contribution in [-0.4, -0.2) is 44.1 Å². The number of rotatable bonds is 7. The molecule has 1 fully saturated rings. The van der Waals surface area contributed by atoms with Crippen molar-refractivity contribution in [2.45, 2.75) is 61.9 Å². The summed E-state index contributed by atoms with van der Waals surface area (Å²) in [4.78, 5) is 15.9. The fourth-order valence-electron chi connectivity index (χ4n) is 5.17. The highest BCUT2D eigenvalue weighted by Crippen LogP contribution is 2.33. The van der Waals surface area contributed by atoms with E-state index in [4.69, 9.17) is 0 Å². The SMILES string of the molecule is C=C(C(=O)NC1(CCN2CCc3cc(Br)ccc3C2)CCCCC1)c1cccc(S(C)(=O)=O)c1. The first kappa shape index (κ1) is 25.1. The second kappa shape index (κ2) is 10.3. The van der Waals surface area contributed by atoms with Crippen LogP contribution in [0.2, 0.25) is 0 Å². The van der Waals surface area contributed by atoms with Crippen molar-refractivity contribution in [1.29, 1.82) is 0 Å². The van der Waals surface area contributed by atoms with Crippen molar-refractivity contribution in [3.05, 3.63) is 70.2 Å². The van der Waals surface area contributed by atoms with Crippen LogP contribution >= 0.6 is 15.9 Å². The van der Waals surface area contributed by atoms with E-state index in [9.17, 15) is 13.2 Å². The minimum absolute atomic E-state index is 0.198. The first-order valence-corrected chi connectivity index (χ1v) is 14.7. The molecule has 2 aliphatic rings. The van der Waals surface area contributed by atoms with Crippen LogP contribution in [0.1, 0.15) is 55.2 Å². The van der Waals surface area contributed by atoms with E-state index < -0.39 is 9.84 Å². The second-order valence-corrected chi connectivity index (χ2v) is 12.7. The average Bonchev–Trinajstić information content (AvgIpc) is 2.82. The summed E-state index contributed by atoms with van der Waals surface area (Å²) >= 11 is 3.57. The van der Waals surface area contributed by atoms with Gasteiger partial charge in [-0.05, 0) is 66.6 Å². The standard InChI is InChI=1S/C27H33BrN2O3S/c1-20(21-7-6-8-25(18-21)34(2,32)33)26(31)29-27(12-4-3-5-13-27)14-16-30-15-11-22-17-24(28)10-9-23(22)19-30/h6-10,17-18H,1,3-5,11-16,19H2,2H3,(H,29,31). The van der Waals surface area contributed by atoms with E-state index >= 15 is 0 Å². The lowest BCUT2D eigenvalue weighted by Gasteiger charge is -2.40. The summed E-state index contributed by atoms with van der Waals surface area (Å²) < 4.78 is 25.0. The molecule has 0 aromatic heterocycles. The molecule has 0 saturated heterocycles. The van der Waals surface area contributed by atoms with Gasteiger partial charge in [-0.3, -0.25) is 9.69 Å². The zero-order chi connectivity index (χ0) is 24.3. The smallest absolute Gasteiger partial charge is 0.251 e. The summed E-state index contributed by atoms with van der Waals surface area (Å²) in [6.07, 6.45) is 8.45. The van der Waals surface area contributed by atoms with Gasteiger partial charge < -0.3 is 5.32 Å². The molecule has 0 bridgehead atoms. The van der Waals surface area contributed by atoms with Gasteiger partial charge in [-0.15, -0.1) is 0 Å². The van der Waals surface area contributed by atoms with E-state index in [0.29, 0.717) is 11.1 Å². The molecule has 1 aliphatic heterocycles. The lowest BCUT2D eigenvalue weighted by atomic mass is 9.78. The number of carbonyl (C=O) groups excluding carboxylic acids is 1. The molecule has 2 aromatic rings. The molecule has 1 heterocycles. The molecule has 0 spiro atoms. The highest BCUT2D eigenvalue weighted by molar-refractivity contribution is 9.10. The van der Waals surface area contributed by atoms with Crippen LogP contribution in [0.5, 0.6) is 0 Å². The van der Waals surface area contributed by atoms with Crippen LogP contribution in [0.25, 0.3) is 5.57 Å². The van der Waals surface area contributed by atoms with E-state index in [1.807, 2.05) is 0 Å². The number of nitrogens with zero attached hydrogens (tertiary/aromatic N) is 1. The summed E-state index contributed by atoms with van der Waals surface area (Å²) in [7, 11) is -3.35. The summed E-state index contributed by atoms with van der Waals surface area (Å²) in [5.74, 6) is -0.207. The van der Waals surface area contributed by atoms with Gasteiger partial charge in [-0.25, -0.2) is 8.42 Å². The monoisotopic (exact) mass is 544 g/mol. The first-order valence-electron chi connectivity index (χ1n) is 12.0. The van der Waals surface area contributed by atoms with E-state index in [0.717, 1.165) is 62.6 Å². The van der Waals surface area contributed by atoms with Crippen LogP contribution in [0.3, 0.4) is 0 Å². The van der Waals surface area contributed by atoms with Crippen molar-refractivity contribution >= 4 is 37.2 Å². The molecule has 0 atom stereocenters. The van der Waals surface area contributed by atoms with Crippen LogP contribution < -0.4 is 5.32 Å². The molecule has 5 nitrogen and oxygen atoms in total. The summed E-state index contributed by atoms with van der Waals surface area (Å²) in [6, 6.07) is 13.0. The fraction of sp³-hybridized carbons (Fsp3) is 0.444. The number of hydrogen-bond donors (Lipinski definition) is 1. The van der Waals surface area contributed by atoms with Crippen molar-refractivity contribution in [1.82, 2.24) is 10.2 Å². The number of fused-ring (bicyclic) bond motifs is 1. The maximum absolute atomic E-state index is 13.2. The maximum atomic E-state index is 13.2. The van der Waals surface area contributed by atoms with Gasteiger partial charge in [0.15, 0.2) is 9.84 Å². The van der Waals surface area contributed by atoms with Crippen molar-refractivity contribution in [2.75, 3.05) is 19.3 Å². The fourth-order valence-corrected chi connectivity index (χ4v) is 6.25. The Bertz CT molecular complexity index is 1190. The first-order chi connectivity index (χ1) is 16.2. The number of benzene rings is 2. The van der Waals surface area contributed by atoms with Gasteiger partial charge in [-0.2, -0.15) is 0 Å². The highest BCUT2D eigenvalue weighted by atomic mass is 79.9. The molecule has 1 amide bonds. The van der Waals surface area contributed by atoms with E-state index in [1.54, 1.807) is 18.2 Å². The minimum atomic E-state index is -3.35. The predicted octanol–water partition coefficient (Wildman–Crippen LogP) is 5.13. The molecule has 1 N–H and O–H groups in total. The number of amides is 1. The van der Waals surface area contributed by atoms with Gasteiger partial charge >= 0.3 is 0 Å². The van der Waals surface area contributed by atoms with Crippen LogP contribution in [0.15, 0.2) is 58.4 Å². The van der Waals surface area contributed by atoms with Crippen LogP contribution in [0.4, 0.5) is 0 Å². The van der Waals surface area contributed by atoms with E-state index in [2.05, 4.69) is 50.9 Å². The zero-order valence-electron chi connectivity index (χ0n) is 19.8. The molecule has 4 rings (SSSR count). The second-order valence-electron chi connectivity index (χ2n) is 9.76. The Morgan fingerprint density at radius 3 is 2.62 bits per heavy atom. The van der Waals surface area contributed by atoms with Crippen molar-refractivity contribution < 1.29 is 13.2 Å². The van der Waals surface area contributed by atoms with Gasteiger partial charge in [0.1, 0.15) is 0 Å². The number of hydrogen-bond acceptors (Lipinski definition) is 4. The summed E-state index contributed by atoms with van der Waals surface area (Å²) in [5, 5.41) is 3.33. The van der Waals surface area contributed by atoms with E-state index in [1.165, 1.54) is 29.9 Å². The highest BCUT2D eigenvalue weighted by Gasteiger charge is 2.34. The number of carbonyl (C=O) groups is 1. The molecule has 7 heteroatoms. The Morgan fingerprint density at radius 2 is 1.88 bits per heavy atom. The average molecular weight is 546 g/mol. The lowest BCUT2D eigenvalue weighted by molar-refractivity contribution is -0.118. The van der Waals surface area contributed by atoms with Gasteiger partial charge in [0.25, 0.3) is 5.91 Å². The Labute approximate surface area is 211 Å². The molecular formula is C27H33BrN2O3S. The zero-order valence-corrected chi connectivity index (χ0v) is 22.2. The molecule has 182 valence electrons. The summed E-state index contributed by atoms with van der Waals surface area (Å²) in [6.45, 7) is 6.91. The maximum Gasteiger partial charge on any atom is 0.251 e. The molecule has 1 aliphatic carbocycles. The number of nitrogens with one attached hydrogen (secondary N) is 1. The van der Waals surface area contributed by atoms with Crippen LogP contribution in [-0.2, 0) is 27.6 Å². The Balaban J connectivity index is 1.44. The summed E-state index contributed by atoms with van der Waals surface area (Å²) in [5.41, 5.74) is 3.42. The van der Waals surface area contributed by atoms with Gasteiger partial charge in [0.05, 0.1) is 4.90 Å². The molecular weight excluding hydrogens is 512 g/mol. The van der Waals surface area contributed by atoms with Gasteiger partial charge in [0.2, 0.25) is 0 Å². The normalized spacial score (nSPS) is 18.2. The van der Waals surface area contributed by atoms with Crippen molar-refractivity contribution in [2.24, 2.45) is 0 Å². The molecule has 34 heavy (non-hydrogen) atoms. The molecule has 1 saturated carbocycles. The Morgan fingerprint density at radius 1 is 1.12 bits per heavy atom.